The third-order valence-corrected chi connectivity index (χ3v) is 2.13. The van der Waals surface area contributed by atoms with Gasteiger partial charge in [-0.2, -0.15) is 0 Å². The minimum Gasteiger partial charge on any atom is -0.313 e. The van der Waals surface area contributed by atoms with E-state index >= 15 is 0 Å². The molecule has 0 aromatic carbocycles. The molecule has 4 nitrogen and oxygen atoms in total. The summed E-state index contributed by atoms with van der Waals surface area (Å²) in [6, 6.07) is 0.369. The van der Waals surface area contributed by atoms with Crippen molar-refractivity contribution < 1.29 is 0 Å². The first-order valence-electron chi connectivity index (χ1n) is 3.76. The van der Waals surface area contributed by atoms with Crippen LogP contribution in [0.5, 0.6) is 0 Å². The van der Waals surface area contributed by atoms with Crippen molar-refractivity contribution in [3.05, 3.63) is 22.4 Å². The van der Waals surface area contributed by atoms with Gasteiger partial charge in [0.15, 0.2) is 0 Å². The van der Waals surface area contributed by atoms with Crippen LogP contribution in [0.2, 0.25) is 0 Å². The molecule has 11 heavy (non-hydrogen) atoms. The molecule has 0 bridgehead atoms. The number of H-pyrrole nitrogens is 1. The molecule has 60 valence electrons. The van der Waals surface area contributed by atoms with Crippen molar-refractivity contribution in [3.63, 3.8) is 0 Å². The molecule has 2 heterocycles. The second-order valence-electron chi connectivity index (χ2n) is 2.92. The van der Waals surface area contributed by atoms with E-state index in [9.17, 15) is 4.79 Å². The predicted molar refractivity (Wildman–Crippen MR) is 41.7 cm³/mol. The van der Waals surface area contributed by atoms with Crippen molar-refractivity contribution in [2.75, 3.05) is 13.1 Å². The molecule has 2 rings (SSSR count). The second-order valence-corrected chi connectivity index (χ2v) is 2.92. The summed E-state index contributed by atoms with van der Waals surface area (Å²) in [6.45, 7) is 3.77. The molecule has 1 aromatic rings. The highest BCUT2D eigenvalue weighted by atomic mass is 16.1. The monoisotopic (exact) mass is 153 g/mol. The van der Waals surface area contributed by atoms with Gasteiger partial charge >= 0.3 is 5.69 Å². The highest BCUT2D eigenvalue weighted by Gasteiger charge is 2.21. The van der Waals surface area contributed by atoms with E-state index in [0.717, 1.165) is 18.8 Å². The van der Waals surface area contributed by atoms with Crippen LogP contribution in [0, 0.1) is 6.92 Å². The zero-order valence-electron chi connectivity index (χ0n) is 6.42. The summed E-state index contributed by atoms with van der Waals surface area (Å²) in [7, 11) is 0. The molecule has 0 spiro atoms. The Labute approximate surface area is 64.2 Å². The third kappa shape index (κ3) is 0.903. The van der Waals surface area contributed by atoms with E-state index in [1.165, 1.54) is 0 Å². The van der Waals surface area contributed by atoms with Crippen LogP contribution in [0.25, 0.3) is 0 Å². The Hall–Kier alpha value is -1.03. The van der Waals surface area contributed by atoms with Gasteiger partial charge in [0, 0.05) is 25.0 Å². The SMILES string of the molecule is Cc1c[nH]c(=O)n1C1CNC1. The van der Waals surface area contributed by atoms with Crippen LogP contribution in [0.15, 0.2) is 11.0 Å². The largest absolute Gasteiger partial charge is 0.326 e. The molecule has 0 aliphatic carbocycles. The standard InChI is InChI=1S/C7H11N3O/c1-5-2-9-7(11)10(5)6-3-8-4-6/h2,6,8H,3-4H2,1H3,(H,9,11). The van der Waals surface area contributed by atoms with Crippen molar-refractivity contribution in [2.24, 2.45) is 0 Å². The minimum atomic E-state index is 0.00833. The summed E-state index contributed by atoms with van der Waals surface area (Å²) in [5.74, 6) is 0. The topological polar surface area (TPSA) is 49.8 Å². The maximum absolute atomic E-state index is 11.2. The summed E-state index contributed by atoms with van der Waals surface area (Å²) in [5.41, 5.74) is 1.02. The van der Waals surface area contributed by atoms with Crippen LogP contribution < -0.4 is 11.0 Å². The van der Waals surface area contributed by atoms with Gasteiger partial charge in [-0.1, -0.05) is 0 Å². The molecule has 1 aromatic heterocycles. The molecule has 2 N–H and O–H groups in total. The third-order valence-electron chi connectivity index (χ3n) is 2.13. The Morgan fingerprint density at radius 1 is 1.64 bits per heavy atom. The fraction of sp³-hybridized carbons (Fsp3) is 0.571. The lowest BCUT2D eigenvalue weighted by atomic mass is 10.2. The van der Waals surface area contributed by atoms with Gasteiger partial charge in [0.1, 0.15) is 0 Å². The summed E-state index contributed by atoms with van der Waals surface area (Å²) in [4.78, 5) is 13.8. The number of aromatic amines is 1. The highest BCUT2D eigenvalue weighted by Crippen LogP contribution is 2.10. The van der Waals surface area contributed by atoms with Crippen LogP contribution in [0.3, 0.4) is 0 Å². The molecule has 0 radical (unpaired) electrons. The summed E-state index contributed by atoms with van der Waals surface area (Å²) in [6.07, 6.45) is 1.75. The van der Waals surface area contributed by atoms with Gasteiger partial charge in [-0.15, -0.1) is 0 Å². The van der Waals surface area contributed by atoms with E-state index in [4.69, 9.17) is 0 Å². The summed E-state index contributed by atoms with van der Waals surface area (Å²) < 4.78 is 1.80. The molecule has 0 atom stereocenters. The molecule has 0 saturated carbocycles. The molecule has 1 aliphatic rings. The molecule has 0 amide bonds. The van der Waals surface area contributed by atoms with Gasteiger partial charge in [-0.05, 0) is 6.92 Å². The first-order chi connectivity index (χ1) is 5.29. The maximum atomic E-state index is 11.2. The van der Waals surface area contributed by atoms with Crippen LogP contribution in [-0.4, -0.2) is 22.6 Å². The number of hydrogen-bond acceptors (Lipinski definition) is 2. The maximum Gasteiger partial charge on any atom is 0.326 e. The first kappa shape index (κ1) is 6.67. The van der Waals surface area contributed by atoms with Crippen molar-refractivity contribution in [3.8, 4) is 0 Å². The Kier molecular flexibility index (Phi) is 1.35. The molecule has 1 saturated heterocycles. The average Bonchev–Trinajstić information content (AvgIpc) is 2.15. The van der Waals surface area contributed by atoms with Gasteiger partial charge in [-0.3, -0.25) is 4.57 Å². The van der Waals surface area contributed by atoms with E-state index in [2.05, 4.69) is 10.3 Å². The Morgan fingerprint density at radius 3 is 2.73 bits per heavy atom. The lowest BCUT2D eigenvalue weighted by Crippen LogP contribution is -2.46. The molecular weight excluding hydrogens is 142 g/mol. The predicted octanol–water partition coefficient (Wildman–Crippen LogP) is -0.371. The molecule has 0 unspecified atom stereocenters. The number of imidazole rings is 1. The number of nitrogens with zero attached hydrogens (tertiary/aromatic N) is 1. The van der Waals surface area contributed by atoms with Gasteiger partial charge < -0.3 is 10.3 Å². The number of hydrogen-bond donors (Lipinski definition) is 2. The number of aryl methyl sites for hydroxylation is 1. The fourth-order valence-corrected chi connectivity index (χ4v) is 1.38. The normalized spacial score (nSPS) is 18.3. The van der Waals surface area contributed by atoms with Gasteiger partial charge in [-0.25, -0.2) is 4.79 Å². The lowest BCUT2D eigenvalue weighted by molar-refractivity contribution is 0.332. The van der Waals surface area contributed by atoms with Crippen molar-refractivity contribution in [2.45, 2.75) is 13.0 Å². The average molecular weight is 153 g/mol. The van der Waals surface area contributed by atoms with Crippen molar-refractivity contribution in [1.82, 2.24) is 14.9 Å². The van der Waals surface area contributed by atoms with Gasteiger partial charge in [0.05, 0.1) is 6.04 Å². The first-order valence-corrected chi connectivity index (χ1v) is 3.76. The number of aromatic nitrogens is 2. The van der Waals surface area contributed by atoms with Crippen LogP contribution >= 0.6 is 0 Å². The number of rotatable bonds is 1. The van der Waals surface area contributed by atoms with Crippen LogP contribution in [0.4, 0.5) is 0 Å². The molecular formula is C7H11N3O. The van der Waals surface area contributed by atoms with E-state index in [0.29, 0.717) is 6.04 Å². The summed E-state index contributed by atoms with van der Waals surface area (Å²) >= 11 is 0. The Bertz CT molecular complexity index is 308. The van der Waals surface area contributed by atoms with Gasteiger partial charge in [0.25, 0.3) is 0 Å². The quantitative estimate of drug-likeness (QED) is 0.578. The fourth-order valence-electron chi connectivity index (χ4n) is 1.38. The lowest BCUT2D eigenvalue weighted by Gasteiger charge is -2.28. The van der Waals surface area contributed by atoms with E-state index in [-0.39, 0.29) is 5.69 Å². The highest BCUT2D eigenvalue weighted by molar-refractivity contribution is 5.00. The van der Waals surface area contributed by atoms with E-state index in [1.807, 2.05) is 6.92 Å². The van der Waals surface area contributed by atoms with Crippen molar-refractivity contribution in [1.29, 1.82) is 0 Å². The Morgan fingerprint density at radius 2 is 2.36 bits per heavy atom. The second kappa shape index (κ2) is 2.23. The van der Waals surface area contributed by atoms with Crippen LogP contribution in [-0.2, 0) is 0 Å². The molecule has 4 heteroatoms. The summed E-state index contributed by atoms with van der Waals surface area (Å²) in [5, 5.41) is 3.13. The Balaban J connectivity index is 2.41. The molecule has 1 aliphatic heterocycles. The van der Waals surface area contributed by atoms with E-state index < -0.39 is 0 Å². The van der Waals surface area contributed by atoms with Gasteiger partial charge in [0.2, 0.25) is 0 Å². The van der Waals surface area contributed by atoms with Crippen molar-refractivity contribution >= 4 is 0 Å². The molecule has 1 fully saturated rings. The minimum absolute atomic E-state index is 0.00833. The number of nitrogens with one attached hydrogen (secondary N) is 2. The van der Waals surface area contributed by atoms with E-state index in [1.54, 1.807) is 10.8 Å². The zero-order chi connectivity index (χ0) is 7.84. The van der Waals surface area contributed by atoms with Crippen LogP contribution in [0.1, 0.15) is 11.7 Å². The smallest absolute Gasteiger partial charge is 0.313 e. The zero-order valence-corrected chi connectivity index (χ0v) is 6.42.